The van der Waals surface area contributed by atoms with Gasteiger partial charge in [0.1, 0.15) is 11.9 Å². The van der Waals surface area contributed by atoms with Gasteiger partial charge in [0, 0.05) is 30.1 Å². The lowest BCUT2D eigenvalue weighted by Crippen LogP contribution is -2.51. The number of guanidine groups is 1. The zero-order valence-electron chi connectivity index (χ0n) is 13.4. The van der Waals surface area contributed by atoms with Crippen LogP contribution in [-0.2, 0) is 0 Å². The summed E-state index contributed by atoms with van der Waals surface area (Å²) in [5.41, 5.74) is 0. The minimum Gasteiger partial charge on any atom is -0.467 e. The van der Waals surface area contributed by atoms with Crippen LogP contribution in [-0.4, -0.2) is 52.6 Å². The lowest BCUT2D eigenvalue weighted by atomic mass is 10.2. The van der Waals surface area contributed by atoms with E-state index in [1.54, 1.807) is 18.4 Å². The van der Waals surface area contributed by atoms with Crippen molar-refractivity contribution in [2.24, 2.45) is 4.99 Å². The molecule has 1 aliphatic heterocycles. The van der Waals surface area contributed by atoms with Gasteiger partial charge in [0.2, 0.25) is 0 Å². The zero-order valence-corrected chi connectivity index (χ0v) is 16.6. The van der Waals surface area contributed by atoms with E-state index in [-0.39, 0.29) is 28.7 Å². The average molecular weight is 439 g/mol. The quantitative estimate of drug-likeness (QED) is 0.429. The van der Waals surface area contributed by atoms with E-state index in [0.29, 0.717) is 12.3 Å². The predicted molar refractivity (Wildman–Crippen MR) is 103 cm³/mol. The Morgan fingerprint density at radius 3 is 2.95 bits per heavy atom. The molecule has 1 aliphatic rings. The highest BCUT2D eigenvalue weighted by Gasteiger charge is 2.28. The van der Waals surface area contributed by atoms with Crippen molar-refractivity contribution >= 4 is 41.7 Å². The van der Waals surface area contributed by atoms with Crippen molar-refractivity contribution in [3.05, 3.63) is 24.2 Å². The molecule has 1 fully saturated rings. The average Bonchev–Trinajstić information content (AvgIpc) is 2.96. The Morgan fingerprint density at radius 2 is 2.36 bits per heavy atom. The molecule has 0 saturated carbocycles. The van der Waals surface area contributed by atoms with Gasteiger partial charge in [-0.1, -0.05) is 0 Å². The third-order valence-corrected chi connectivity index (χ3v) is 4.64. The molecule has 1 saturated heterocycles. The van der Waals surface area contributed by atoms with Crippen LogP contribution in [0, 0.1) is 0 Å². The number of aliphatic imine (C=N–C) groups is 1. The molecule has 22 heavy (non-hydrogen) atoms. The maximum absolute atomic E-state index is 10.1. The number of aliphatic hydroxyl groups excluding tert-OH is 1. The molecule has 5 nitrogen and oxygen atoms in total. The van der Waals surface area contributed by atoms with E-state index in [1.807, 2.05) is 11.8 Å². The van der Waals surface area contributed by atoms with Crippen molar-refractivity contribution < 1.29 is 9.52 Å². The van der Waals surface area contributed by atoms with Crippen molar-refractivity contribution in [1.29, 1.82) is 0 Å². The number of halogens is 1. The summed E-state index contributed by atoms with van der Waals surface area (Å²) in [5.74, 6) is 2.53. The standard InChI is InChI=1S/C15H25N3O2S.HI/c1-4-16-14(18-7-9-21-15(2,3)11-18)17-10-12(19)13-6-5-8-20-13;/h5-6,8,12,19H,4,7,9-11H2,1-3H3,(H,16,17);1H. The van der Waals surface area contributed by atoms with Crippen LogP contribution in [0.2, 0.25) is 0 Å². The first-order valence-electron chi connectivity index (χ1n) is 7.40. The number of nitrogens with zero attached hydrogens (tertiary/aromatic N) is 2. The second-order valence-corrected chi connectivity index (χ2v) is 7.56. The number of thioether (sulfide) groups is 1. The third-order valence-electron chi connectivity index (χ3n) is 3.35. The molecule has 0 spiro atoms. The molecule has 7 heteroatoms. The van der Waals surface area contributed by atoms with Crippen LogP contribution in [0.3, 0.4) is 0 Å². The molecule has 2 heterocycles. The first-order chi connectivity index (χ1) is 10.0. The smallest absolute Gasteiger partial charge is 0.194 e. The molecule has 2 rings (SSSR count). The third kappa shape index (κ3) is 5.66. The summed E-state index contributed by atoms with van der Waals surface area (Å²) in [7, 11) is 0. The normalized spacial score (nSPS) is 19.5. The fourth-order valence-electron chi connectivity index (χ4n) is 2.37. The monoisotopic (exact) mass is 439 g/mol. The molecule has 1 aromatic heterocycles. The predicted octanol–water partition coefficient (Wildman–Crippen LogP) is 2.72. The molecular weight excluding hydrogens is 413 g/mol. The summed E-state index contributed by atoms with van der Waals surface area (Å²) in [6.07, 6.45) is 0.874. The molecule has 0 amide bonds. The molecule has 1 unspecified atom stereocenters. The molecule has 1 aromatic rings. The van der Waals surface area contributed by atoms with Crippen molar-refractivity contribution in [1.82, 2.24) is 10.2 Å². The van der Waals surface area contributed by atoms with Gasteiger partial charge in [0.05, 0.1) is 12.8 Å². The largest absolute Gasteiger partial charge is 0.467 e. The highest BCUT2D eigenvalue weighted by atomic mass is 127. The van der Waals surface area contributed by atoms with Crippen LogP contribution in [0.5, 0.6) is 0 Å². The summed E-state index contributed by atoms with van der Waals surface area (Å²) in [6.45, 7) is 9.63. The number of nitrogens with one attached hydrogen (secondary N) is 1. The maximum atomic E-state index is 10.1. The molecule has 1 atom stereocenters. The number of aliphatic hydroxyl groups is 1. The van der Waals surface area contributed by atoms with E-state index < -0.39 is 6.10 Å². The Hall–Kier alpha value is -0.410. The minimum atomic E-state index is -0.694. The van der Waals surface area contributed by atoms with Crippen LogP contribution in [0.4, 0.5) is 0 Å². The highest BCUT2D eigenvalue weighted by molar-refractivity contribution is 14.0. The number of furan rings is 1. The molecule has 0 radical (unpaired) electrons. The first-order valence-corrected chi connectivity index (χ1v) is 8.39. The Bertz CT molecular complexity index is 465. The van der Waals surface area contributed by atoms with Crippen LogP contribution in [0.15, 0.2) is 27.8 Å². The van der Waals surface area contributed by atoms with Gasteiger partial charge >= 0.3 is 0 Å². The molecular formula is C15H26IN3O2S. The van der Waals surface area contributed by atoms with Gasteiger partial charge in [-0.2, -0.15) is 11.8 Å². The summed E-state index contributed by atoms with van der Waals surface area (Å²) in [5, 5.41) is 13.4. The first kappa shape index (κ1) is 19.6. The van der Waals surface area contributed by atoms with Gasteiger partial charge < -0.3 is 19.7 Å². The molecule has 2 N–H and O–H groups in total. The Labute approximate surface area is 154 Å². The fourth-order valence-corrected chi connectivity index (χ4v) is 3.48. The zero-order chi connectivity index (χ0) is 15.3. The van der Waals surface area contributed by atoms with Crippen molar-refractivity contribution in [3.63, 3.8) is 0 Å². The molecule has 0 aromatic carbocycles. The van der Waals surface area contributed by atoms with Gasteiger partial charge in [0.25, 0.3) is 0 Å². The van der Waals surface area contributed by atoms with Crippen LogP contribution < -0.4 is 5.32 Å². The van der Waals surface area contributed by atoms with Gasteiger partial charge in [-0.3, -0.25) is 0 Å². The second kappa shape index (κ2) is 9.02. The number of hydrogen-bond acceptors (Lipinski definition) is 4. The van der Waals surface area contributed by atoms with Gasteiger partial charge in [-0.15, -0.1) is 24.0 Å². The van der Waals surface area contributed by atoms with E-state index in [4.69, 9.17) is 4.42 Å². The maximum Gasteiger partial charge on any atom is 0.194 e. The van der Waals surface area contributed by atoms with Crippen LogP contribution in [0.1, 0.15) is 32.6 Å². The topological polar surface area (TPSA) is 61.0 Å². The Kier molecular flexibility index (Phi) is 8.06. The van der Waals surface area contributed by atoms with Crippen LogP contribution >= 0.6 is 35.7 Å². The lowest BCUT2D eigenvalue weighted by molar-refractivity contribution is 0.158. The van der Waals surface area contributed by atoms with E-state index in [0.717, 1.165) is 31.3 Å². The van der Waals surface area contributed by atoms with Crippen molar-refractivity contribution in [2.45, 2.75) is 31.6 Å². The van der Waals surface area contributed by atoms with E-state index in [1.165, 1.54) is 0 Å². The summed E-state index contributed by atoms with van der Waals surface area (Å²) < 4.78 is 5.44. The van der Waals surface area contributed by atoms with E-state index in [2.05, 4.69) is 36.0 Å². The molecule has 0 bridgehead atoms. The van der Waals surface area contributed by atoms with Gasteiger partial charge in [0.15, 0.2) is 5.96 Å². The fraction of sp³-hybridized carbons (Fsp3) is 0.667. The summed E-state index contributed by atoms with van der Waals surface area (Å²) in [6, 6.07) is 3.55. The Balaban J connectivity index is 0.00000242. The number of rotatable bonds is 4. The molecule has 126 valence electrons. The summed E-state index contributed by atoms with van der Waals surface area (Å²) >= 11 is 1.99. The highest BCUT2D eigenvalue weighted by Crippen LogP contribution is 2.29. The van der Waals surface area contributed by atoms with Gasteiger partial charge in [-0.25, -0.2) is 4.99 Å². The van der Waals surface area contributed by atoms with E-state index >= 15 is 0 Å². The summed E-state index contributed by atoms with van der Waals surface area (Å²) in [4.78, 5) is 6.84. The second-order valence-electron chi connectivity index (χ2n) is 5.76. The van der Waals surface area contributed by atoms with E-state index in [9.17, 15) is 5.11 Å². The minimum absolute atomic E-state index is 0. The molecule has 0 aliphatic carbocycles. The number of hydrogen-bond donors (Lipinski definition) is 2. The van der Waals surface area contributed by atoms with Gasteiger partial charge in [-0.05, 0) is 32.9 Å². The Morgan fingerprint density at radius 1 is 1.59 bits per heavy atom. The SMILES string of the molecule is CCNC(=NCC(O)c1ccco1)N1CCSC(C)(C)C1.I. The van der Waals surface area contributed by atoms with Crippen molar-refractivity contribution in [2.75, 3.05) is 31.9 Å². The van der Waals surface area contributed by atoms with Crippen molar-refractivity contribution in [3.8, 4) is 0 Å². The van der Waals surface area contributed by atoms with Crippen LogP contribution in [0.25, 0.3) is 0 Å². The lowest BCUT2D eigenvalue weighted by Gasteiger charge is -2.39.